The van der Waals surface area contributed by atoms with Gasteiger partial charge >= 0.3 is 6.03 Å². The average Bonchev–Trinajstić information content (AvgIpc) is 3.37. The molecule has 10 heteroatoms. The van der Waals surface area contributed by atoms with Crippen LogP contribution < -0.4 is 15.4 Å². The maximum Gasteiger partial charge on any atom is 0.322 e. The number of ether oxygens (including phenoxy) is 1. The summed E-state index contributed by atoms with van der Waals surface area (Å²) < 4.78 is 25.4. The average molecular weight is 410 g/mol. The molecule has 9 nitrogen and oxygen atoms in total. The number of hydrogen-bond acceptors (Lipinski definition) is 6. The molecule has 30 heavy (non-hydrogen) atoms. The van der Waals surface area contributed by atoms with Crippen molar-refractivity contribution in [3.8, 4) is 5.75 Å². The second-order valence-corrected chi connectivity index (χ2v) is 7.11. The lowest BCUT2D eigenvalue weighted by molar-refractivity contribution is -0.125. The quantitative estimate of drug-likeness (QED) is 0.633. The fourth-order valence-corrected chi connectivity index (χ4v) is 3.92. The van der Waals surface area contributed by atoms with E-state index >= 15 is 0 Å². The van der Waals surface area contributed by atoms with Gasteiger partial charge in [0.15, 0.2) is 22.7 Å². The van der Waals surface area contributed by atoms with Crippen molar-refractivity contribution in [3.63, 3.8) is 0 Å². The van der Waals surface area contributed by atoms with Crippen LogP contribution in [0.2, 0.25) is 0 Å². The zero-order valence-electron chi connectivity index (χ0n) is 15.7. The first-order valence-corrected chi connectivity index (χ1v) is 9.05. The highest BCUT2D eigenvalue weighted by atomic mass is 19.1. The van der Waals surface area contributed by atoms with Crippen LogP contribution in [0.25, 0.3) is 11.0 Å². The Balaban J connectivity index is 1.56. The molecule has 0 spiro atoms. The molecule has 152 valence electrons. The smallest absolute Gasteiger partial charge is 0.322 e. The molecule has 4 amide bonds. The van der Waals surface area contributed by atoms with Crippen molar-refractivity contribution in [1.82, 2.24) is 20.5 Å². The number of pyridine rings is 1. The van der Waals surface area contributed by atoms with Gasteiger partial charge in [-0.05, 0) is 23.8 Å². The van der Waals surface area contributed by atoms with Crippen LogP contribution >= 0.6 is 0 Å². The van der Waals surface area contributed by atoms with Crippen LogP contribution in [0.3, 0.4) is 0 Å². The molecule has 4 heterocycles. The Labute approximate surface area is 168 Å². The van der Waals surface area contributed by atoms with Crippen LogP contribution in [0, 0.1) is 5.82 Å². The number of nitrogens with zero attached hydrogens (tertiary/aromatic N) is 2. The number of furan rings is 1. The van der Waals surface area contributed by atoms with Crippen LogP contribution in [0.5, 0.6) is 5.75 Å². The molecular formula is C20H15FN4O5. The highest BCUT2D eigenvalue weighted by Crippen LogP contribution is 2.36. The third-order valence-corrected chi connectivity index (χ3v) is 5.39. The van der Waals surface area contributed by atoms with Crippen LogP contribution in [-0.4, -0.2) is 41.4 Å². The lowest BCUT2D eigenvalue weighted by Crippen LogP contribution is -2.52. The highest BCUT2D eigenvalue weighted by Gasteiger charge is 2.53. The Morgan fingerprint density at radius 3 is 2.83 bits per heavy atom. The fraction of sp³-hybridized carbons (Fsp3) is 0.200. The Hall–Kier alpha value is -3.95. The summed E-state index contributed by atoms with van der Waals surface area (Å²) >= 11 is 0. The number of urea groups is 1. The minimum absolute atomic E-state index is 0.0460. The number of nitrogens with one attached hydrogen (secondary N) is 2. The molecule has 1 saturated heterocycles. The number of benzene rings is 1. The Morgan fingerprint density at radius 1 is 1.30 bits per heavy atom. The molecule has 1 aromatic carbocycles. The monoisotopic (exact) mass is 410 g/mol. The number of carbonyl (C=O) groups excluding carboxylic acids is 3. The first-order valence-electron chi connectivity index (χ1n) is 9.05. The summed E-state index contributed by atoms with van der Waals surface area (Å²) in [7, 11) is 1.31. The van der Waals surface area contributed by atoms with Crippen LogP contribution in [0.1, 0.15) is 21.7 Å². The van der Waals surface area contributed by atoms with Crippen LogP contribution in [-0.2, 0) is 16.9 Å². The van der Waals surface area contributed by atoms with E-state index in [4.69, 9.17) is 9.15 Å². The van der Waals surface area contributed by atoms with Crippen LogP contribution in [0.4, 0.5) is 9.18 Å². The van der Waals surface area contributed by atoms with Gasteiger partial charge in [0.2, 0.25) is 0 Å². The minimum Gasteiger partial charge on any atom is -0.494 e. The minimum atomic E-state index is -1.66. The van der Waals surface area contributed by atoms with Crippen LogP contribution in [0.15, 0.2) is 41.1 Å². The second-order valence-electron chi connectivity index (χ2n) is 7.11. The van der Waals surface area contributed by atoms with Crippen molar-refractivity contribution in [2.24, 2.45) is 0 Å². The van der Waals surface area contributed by atoms with Gasteiger partial charge in [-0.3, -0.25) is 19.9 Å². The van der Waals surface area contributed by atoms with Crippen molar-refractivity contribution in [2.75, 3.05) is 13.7 Å². The van der Waals surface area contributed by atoms with E-state index in [2.05, 4.69) is 15.6 Å². The molecule has 2 aliphatic heterocycles. The largest absolute Gasteiger partial charge is 0.494 e. The van der Waals surface area contributed by atoms with E-state index in [0.717, 1.165) is 0 Å². The standard InChI is InChI=1S/C20H15FN4O5/c1-29-12-3-2-11-8-25(17(26)15(11)16(12)21)9-20(18(27)23-19(28)24-20)14-6-10-4-5-22-7-13(10)30-14/h2-7H,8-9H2,1H3,(H2,23,24,27,28)/t20-/m0/s1. The molecule has 0 bridgehead atoms. The normalized spacial score (nSPS) is 20.5. The summed E-state index contributed by atoms with van der Waals surface area (Å²) in [6.45, 7) is -0.172. The van der Waals surface area contributed by atoms with E-state index in [-0.39, 0.29) is 30.2 Å². The molecule has 1 atom stereocenters. The number of imide groups is 1. The van der Waals surface area contributed by atoms with Gasteiger partial charge in [0.1, 0.15) is 5.76 Å². The Kier molecular flexibility index (Phi) is 3.79. The first kappa shape index (κ1) is 18.1. The van der Waals surface area contributed by atoms with Gasteiger partial charge < -0.3 is 19.4 Å². The molecule has 3 aromatic rings. The Morgan fingerprint density at radius 2 is 2.13 bits per heavy atom. The third kappa shape index (κ3) is 2.46. The fourth-order valence-electron chi connectivity index (χ4n) is 3.92. The lowest BCUT2D eigenvalue weighted by Gasteiger charge is -2.29. The summed E-state index contributed by atoms with van der Waals surface area (Å²) in [4.78, 5) is 43.0. The van der Waals surface area contributed by atoms with Gasteiger partial charge in [0.05, 0.1) is 25.4 Å². The van der Waals surface area contributed by atoms with E-state index in [0.29, 0.717) is 16.5 Å². The Bertz CT molecular complexity index is 1210. The van der Waals surface area contributed by atoms with Gasteiger partial charge in [-0.1, -0.05) is 6.07 Å². The number of methoxy groups -OCH3 is 1. The van der Waals surface area contributed by atoms with E-state index in [1.165, 1.54) is 24.3 Å². The van der Waals surface area contributed by atoms with E-state index < -0.39 is 29.2 Å². The molecule has 5 rings (SSSR count). The zero-order chi connectivity index (χ0) is 21.0. The van der Waals surface area contributed by atoms with Crippen molar-refractivity contribution in [3.05, 3.63) is 59.4 Å². The number of fused-ring (bicyclic) bond motifs is 2. The third-order valence-electron chi connectivity index (χ3n) is 5.39. The maximum atomic E-state index is 14.7. The highest BCUT2D eigenvalue weighted by molar-refractivity contribution is 6.08. The summed E-state index contributed by atoms with van der Waals surface area (Å²) in [5, 5.41) is 5.45. The van der Waals surface area contributed by atoms with Gasteiger partial charge in [-0.25, -0.2) is 9.18 Å². The van der Waals surface area contributed by atoms with Gasteiger partial charge in [-0.15, -0.1) is 0 Å². The van der Waals surface area contributed by atoms with Gasteiger partial charge in [-0.2, -0.15) is 0 Å². The van der Waals surface area contributed by atoms with E-state index in [1.54, 1.807) is 24.4 Å². The number of amides is 4. The van der Waals surface area contributed by atoms with Gasteiger partial charge in [0, 0.05) is 18.1 Å². The number of halogens is 1. The maximum absolute atomic E-state index is 14.7. The van der Waals surface area contributed by atoms with Crippen molar-refractivity contribution >= 4 is 28.8 Å². The summed E-state index contributed by atoms with van der Waals surface area (Å²) in [6, 6.07) is 5.64. The molecule has 1 fully saturated rings. The SMILES string of the molecule is COc1ccc2c(c1F)C(=O)N(C[C@@]1(c3cc4ccncc4o3)NC(=O)NC1=O)C2. The molecule has 0 saturated carbocycles. The predicted molar refractivity (Wildman–Crippen MR) is 100 cm³/mol. The summed E-state index contributed by atoms with van der Waals surface area (Å²) in [6.07, 6.45) is 3.05. The zero-order valence-corrected chi connectivity index (χ0v) is 15.7. The van der Waals surface area contributed by atoms with E-state index in [1.807, 2.05) is 0 Å². The second kappa shape index (κ2) is 6.28. The molecule has 2 aromatic heterocycles. The summed E-state index contributed by atoms with van der Waals surface area (Å²) in [5.41, 5.74) is -0.878. The molecule has 2 aliphatic rings. The first-order chi connectivity index (χ1) is 14.4. The van der Waals surface area contributed by atoms with Gasteiger partial charge in [0.25, 0.3) is 11.8 Å². The topological polar surface area (TPSA) is 114 Å². The lowest BCUT2D eigenvalue weighted by atomic mass is 9.95. The molecular weight excluding hydrogens is 395 g/mol. The number of hydrogen-bond donors (Lipinski definition) is 2. The number of carbonyl (C=O) groups is 3. The number of rotatable bonds is 4. The predicted octanol–water partition coefficient (Wildman–Crippen LogP) is 1.67. The molecule has 0 unspecified atom stereocenters. The van der Waals surface area contributed by atoms with Crippen molar-refractivity contribution in [1.29, 1.82) is 0 Å². The number of aromatic nitrogens is 1. The summed E-state index contributed by atoms with van der Waals surface area (Å²) in [5.74, 6) is -1.92. The molecule has 0 aliphatic carbocycles. The molecule has 0 radical (unpaired) electrons. The molecule has 2 N–H and O–H groups in total. The van der Waals surface area contributed by atoms with E-state index in [9.17, 15) is 18.8 Å². The van der Waals surface area contributed by atoms with Crippen molar-refractivity contribution in [2.45, 2.75) is 12.1 Å². The van der Waals surface area contributed by atoms with Crippen molar-refractivity contribution < 1.29 is 27.9 Å².